The lowest BCUT2D eigenvalue weighted by molar-refractivity contribution is -0.143. The Morgan fingerprint density at radius 1 is 1.36 bits per heavy atom. The van der Waals surface area contributed by atoms with Crippen molar-refractivity contribution in [2.45, 2.75) is 38.8 Å². The third kappa shape index (κ3) is 5.93. The molecule has 0 heterocycles. The summed E-state index contributed by atoms with van der Waals surface area (Å²) in [5, 5.41) is 12.0. The summed E-state index contributed by atoms with van der Waals surface area (Å²) in [5.41, 5.74) is 0.0860. The van der Waals surface area contributed by atoms with Crippen molar-refractivity contribution >= 4 is 28.0 Å². The Bertz CT molecular complexity index is 553. The first-order valence-electron chi connectivity index (χ1n) is 6.67. The smallest absolute Gasteiger partial charge is 0.408 e. The minimum atomic E-state index is -0.878. The molecule has 0 aliphatic heterocycles. The highest BCUT2D eigenvalue weighted by atomic mass is 79.9. The maximum atomic E-state index is 11.8. The van der Waals surface area contributed by atoms with Gasteiger partial charge in [0.1, 0.15) is 17.4 Å². The topological polar surface area (TPSA) is 84.9 Å². The molecule has 0 aliphatic rings. The lowest BCUT2D eigenvalue weighted by atomic mass is 10.1. The number of ether oxygens (including phenoxy) is 2. The standard InChI is InChI=1S/C15H20BrNO5/c1-15(2,3)22-14(20)17-11(13(19)21-4)8-9-5-6-12(18)10(16)7-9/h5-7,11,18H,8H2,1-4H3,(H,17,20). The van der Waals surface area contributed by atoms with E-state index < -0.39 is 23.7 Å². The van der Waals surface area contributed by atoms with Crippen LogP contribution in [0.15, 0.2) is 22.7 Å². The second kappa shape index (κ2) is 7.49. The molecule has 0 spiro atoms. The number of carbonyl (C=O) groups excluding carboxylic acids is 2. The fourth-order valence-electron chi connectivity index (χ4n) is 1.70. The summed E-state index contributed by atoms with van der Waals surface area (Å²) in [4.78, 5) is 23.6. The van der Waals surface area contributed by atoms with Gasteiger partial charge in [0.05, 0.1) is 11.6 Å². The number of alkyl carbamates (subject to hydrolysis) is 1. The molecule has 1 atom stereocenters. The van der Waals surface area contributed by atoms with Crippen molar-refractivity contribution < 1.29 is 24.2 Å². The summed E-state index contributed by atoms with van der Waals surface area (Å²) in [6.07, 6.45) is -0.481. The lowest BCUT2D eigenvalue weighted by Gasteiger charge is -2.22. The molecule has 0 bridgehead atoms. The third-order valence-electron chi connectivity index (χ3n) is 2.63. The first kappa shape index (κ1) is 18.3. The van der Waals surface area contributed by atoms with Crippen LogP contribution in [0.25, 0.3) is 0 Å². The molecule has 0 fully saturated rings. The average molecular weight is 374 g/mol. The molecule has 1 rings (SSSR count). The minimum Gasteiger partial charge on any atom is -0.507 e. The number of hydrogen-bond acceptors (Lipinski definition) is 5. The van der Waals surface area contributed by atoms with Crippen LogP contribution >= 0.6 is 15.9 Å². The molecule has 1 unspecified atom stereocenters. The number of phenols is 1. The zero-order valence-electron chi connectivity index (χ0n) is 13.0. The van der Waals surface area contributed by atoms with Gasteiger partial charge in [0, 0.05) is 6.42 Å². The van der Waals surface area contributed by atoms with Crippen molar-refractivity contribution in [1.29, 1.82) is 0 Å². The van der Waals surface area contributed by atoms with E-state index in [1.54, 1.807) is 32.9 Å². The first-order valence-corrected chi connectivity index (χ1v) is 7.46. The SMILES string of the molecule is COC(=O)C(Cc1ccc(O)c(Br)c1)NC(=O)OC(C)(C)C. The number of carbonyl (C=O) groups is 2. The molecular weight excluding hydrogens is 354 g/mol. The van der Waals surface area contributed by atoms with E-state index in [1.165, 1.54) is 13.2 Å². The highest BCUT2D eigenvalue weighted by molar-refractivity contribution is 9.10. The van der Waals surface area contributed by atoms with Gasteiger partial charge in [-0.2, -0.15) is 0 Å². The number of rotatable bonds is 4. The average Bonchev–Trinajstić information content (AvgIpc) is 2.39. The largest absolute Gasteiger partial charge is 0.507 e. The molecule has 0 saturated carbocycles. The van der Waals surface area contributed by atoms with Gasteiger partial charge in [-0.05, 0) is 54.4 Å². The van der Waals surface area contributed by atoms with Gasteiger partial charge in [0.2, 0.25) is 0 Å². The maximum absolute atomic E-state index is 11.8. The van der Waals surface area contributed by atoms with E-state index in [1.807, 2.05) is 0 Å². The van der Waals surface area contributed by atoms with Crippen molar-refractivity contribution in [3.05, 3.63) is 28.2 Å². The highest BCUT2D eigenvalue weighted by Gasteiger charge is 2.25. The Morgan fingerprint density at radius 2 is 2.00 bits per heavy atom. The summed E-state index contributed by atoms with van der Waals surface area (Å²) in [6, 6.07) is 3.95. The molecule has 6 nitrogen and oxygen atoms in total. The number of hydrogen-bond donors (Lipinski definition) is 2. The highest BCUT2D eigenvalue weighted by Crippen LogP contribution is 2.25. The lowest BCUT2D eigenvalue weighted by Crippen LogP contribution is -2.45. The molecular formula is C15H20BrNO5. The fraction of sp³-hybridized carbons (Fsp3) is 0.467. The number of methoxy groups -OCH3 is 1. The molecule has 1 aromatic rings. The monoisotopic (exact) mass is 373 g/mol. The van der Waals surface area contributed by atoms with Gasteiger partial charge in [0.15, 0.2) is 0 Å². The molecule has 22 heavy (non-hydrogen) atoms. The van der Waals surface area contributed by atoms with Gasteiger partial charge in [-0.25, -0.2) is 9.59 Å². The normalized spacial score (nSPS) is 12.4. The van der Waals surface area contributed by atoms with E-state index in [0.717, 1.165) is 5.56 Å². The maximum Gasteiger partial charge on any atom is 0.408 e. The van der Waals surface area contributed by atoms with Crippen LogP contribution < -0.4 is 5.32 Å². The van der Waals surface area contributed by atoms with E-state index >= 15 is 0 Å². The van der Waals surface area contributed by atoms with E-state index in [9.17, 15) is 14.7 Å². The van der Waals surface area contributed by atoms with Gasteiger partial charge >= 0.3 is 12.1 Å². The quantitative estimate of drug-likeness (QED) is 0.792. The van der Waals surface area contributed by atoms with Gasteiger partial charge in [0.25, 0.3) is 0 Å². The van der Waals surface area contributed by atoms with Crippen molar-refractivity contribution in [2.75, 3.05) is 7.11 Å². The van der Waals surface area contributed by atoms with Crippen molar-refractivity contribution in [1.82, 2.24) is 5.32 Å². The number of nitrogens with one attached hydrogen (secondary N) is 1. The summed E-state index contributed by atoms with van der Waals surface area (Å²) < 4.78 is 10.3. The van der Waals surface area contributed by atoms with E-state index in [4.69, 9.17) is 9.47 Å². The Balaban J connectivity index is 2.82. The zero-order chi connectivity index (χ0) is 16.9. The van der Waals surface area contributed by atoms with Crippen molar-refractivity contribution in [2.24, 2.45) is 0 Å². The van der Waals surface area contributed by atoms with Crippen LogP contribution in [0.3, 0.4) is 0 Å². The number of phenolic OH excluding ortho intramolecular Hbond substituents is 1. The van der Waals surface area contributed by atoms with Crippen LogP contribution in [0.1, 0.15) is 26.3 Å². The van der Waals surface area contributed by atoms with Gasteiger partial charge in [-0.1, -0.05) is 6.07 Å². The second-order valence-corrected chi connectivity index (χ2v) is 6.57. The predicted octanol–water partition coefficient (Wildman–Crippen LogP) is 2.76. The summed E-state index contributed by atoms with van der Waals surface area (Å²) >= 11 is 3.20. The van der Waals surface area contributed by atoms with Crippen LogP contribution in [-0.4, -0.2) is 35.9 Å². The molecule has 0 saturated heterocycles. The molecule has 1 amide bonds. The second-order valence-electron chi connectivity index (χ2n) is 5.71. The Morgan fingerprint density at radius 3 is 2.50 bits per heavy atom. The first-order chi connectivity index (χ1) is 10.1. The Labute approximate surface area is 137 Å². The van der Waals surface area contributed by atoms with Crippen LogP contribution in [0.2, 0.25) is 0 Å². The van der Waals surface area contributed by atoms with Crippen LogP contribution in [0.4, 0.5) is 4.79 Å². The zero-order valence-corrected chi connectivity index (χ0v) is 14.6. The molecule has 122 valence electrons. The Kier molecular flexibility index (Phi) is 6.22. The number of amides is 1. The predicted molar refractivity (Wildman–Crippen MR) is 84.7 cm³/mol. The van der Waals surface area contributed by atoms with E-state index in [-0.39, 0.29) is 12.2 Å². The van der Waals surface area contributed by atoms with Crippen LogP contribution in [-0.2, 0) is 20.7 Å². The minimum absolute atomic E-state index is 0.0958. The van der Waals surface area contributed by atoms with Gasteiger partial charge in [-0.3, -0.25) is 0 Å². The van der Waals surface area contributed by atoms with Gasteiger partial charge in [-0.15, -0.1) is 0 Å². The van der Waals surface area contributed by atoms with Crippen molar-refractivity contribution in [3.8, 4) is 5.75 Å². The molecule has 1 aromatic carbocycles. The van der Waals surface area contributed by atoms with E-state index in [2.05, 4.69) is 21.2 Å². The van der Waals surface area contributed by atoms with E-state index in [0.29, 0.717) is 4.47 Å². The molecule has 0 radical (unpaired) electrons. The summed E-state index contributed by atoms with van der Waals surface area (Å²) in [5.74, 6) is -0.478. The third-order valence-corrected chi connectivity index (χ3v) is 3.26. The van der Waals surface area contributed by atoms with Crippen LogP contribution in [0, 0.1) is 0 Å². The Hall–Kier alpha value is -1.76. The number of esters is 1. The molecule has 7 heteroatoms. The fourth-order valence-corrected chi connectivity index (χ4v) is 2.12. The van der Waals surface area contributed by atoms with Crippen molar-refractivity contribution in [3.63, 3.8) is 0 Å². The molecule has 0 aromatic heterocycles. The summed E-state index contributed by atoms with van der Waals surface area (Å²) in [6.45, 7) is 5.20. The summed E-state index contributed by atoms with van der Waals surface area (Å²) in [7, 11) is 1.25. The molecule has 0 aliphatic carbocycles. The number of benzene rings is 1. The van der Waals surface area contributed by atoms with Gasteiger partial charge < -0.3 is 19.9 Å². The molecule has 2 N–H and O–H groups in total. The van der Waals surface area contributed by atoms with Crippen LogP contribution in [0.5, 0.6) is 5.75 Å². The number of halogens is 1. The number of aromatic hydroxyl groups is 1.